The van der Waals surface area contributed by atoms with E-state index in [4.69, 9.17) is 0 Å². The second-order valence-corrected chi connectivity index (χ2v) is 9.39. The van der Waals surface area contributed by atoms with Crippen molar-refractivity contribution in [2.45, 2.75) is 32.4 Å². The maximum Gasteiger partial charge on any atom is 0.227 e. The van der Waals surface area contributed by atoms with Gasteiger partial charge < -0.3 is 5.32 Å². The minimum absolute atomic E-state index is 0.0689. The molecule has 5 nitrogen and oxygen atoms in total. The van der Waals surface area contributed by atoms with E-state index in [0.717, 1.165) is 16.8 Å². The number of anilines is 1. The van der Waals surface area contributed by atoms with Crippen molar-refractivity contribution < 1.29 is 17.6 Å². The Bertz CT molecular complexity index is 930. The molecule has 1 fully saturated rings. The number of halogens is 1. The molecular formula is C21H25FN2O3S. The van der Waals surface area contributed by atoms with Gasteiger partial charge in [0, 0.05) is 24.7 Å². The molecule has 0 unspecified atom stereocenters. The van der Waals surface area contributed by atoms with E-state index in [0.29, 0.717) is 31.5 Å². The van der Waals surface area contributed by atoms with E-state index in [1.807, 2.05) is 32.0 Å². The van der Waals surface area contributed by atoms with E-state index >= 15 is 0 Å². The molecule has 0 saturated carbocycles. The molecule has 0 spiro atoms. The van der Waals surface area contributed by atoms with E-state index in [1.165, 1.54) is 28.6 Å². The molecule has 0 atom stereocenters. The first kappa shape index (κ1) is 20.5. The van der Waals surface area contributed by atoms with Crippen LogP contribution in [0.4, 0.5) is 10.1 Å². The van der Waals surface area contributed by atoms with E-state index in [2.05, 4.69) is 5.32 Å². The van der Waals surface area contributed by atoms with Crippen molar-refractivity contribution in [3.8, 4) is 0 Å². The average Bonchev–Trinajstić information content (AvgIpc) is 2.63. The van der Waals surface area contributed by atoms with Gasteiger partial charge in [0.15, 0.2) is 0 Å². The zero-order chi connectivity index (χ0) is 20.3. The zero-order valence-corrected chi connectivity index (χ0v) is 16.9. The molecule has 2 aromatic rings. The molecular weight excluding hydrogens is 379 g/mol. The van der Waals surface area contributed by atoms with Crippen LogP contribution in [-0.2, 0) is 20.6 Å². The van der Waals surface area contributed by atoms with Gasteiger partial charge in [-0.05, 0) is 67.6 Å². The van der Waals surface area contributed by atoms with Crippen LogP contribution in [0.25, 0.3) is 0 Å². The average molecular weight is 405 g/mol. The molecule has 0 bridgehead atoms. The van der Waals surface area contributed by atoms with Gasteiger partial charge in [-0.15, -0.1) is 0 Å². The number of hydrogen-bond acceptors (Lipinski definition) is 3. The standard InChI is InChI=1S/C21H25FN2O3S/c1-15-11-16(2)13-20(12-15)23-21(25)18-7-9-24(10-8-18)28(26,27)14-17-3-5-19(22)6-4-17/h3-6,11-13,18H,7-10,14H2,1-2H3,(H,23,25). The summed E-state index contributed by atoms with van der Waals surface area (Å²) in [7, 11) is -3.49. The van der Waals surface area contributed by atoms with Gasteiger partial charge >= 0.3 is 0 Å². The van der Waals surface area contributed by atoms with Gasteiger partial charge in [-0.2, -0.15) is 0 Å². The summed E-state index contributed by atoms with van der Waals surface area (Å²) < 4.78 is 39.7. The zero-order valence-electron chi connectivity index (χ0n) is 16.1. The van der Waals surface area contributed by atoms with Crippen molar-refractivity contribution in [1.29, 1.82) is 0 Å². The van der Waals surface area contributed by atoms with Crippen LogP contribution in [0.5, 0.6) is 0 Å². The van der Waals surface area contributed by atoms with Crippen molar-refractivity contribution in [2.75, 3.05) is 18.4 Å². The van der Waals surface area contributed by atoms with Crippen molar-refractivity contribution >= 4 is 21.6 Å². The number of hydrogen-bond donors (Lipinski definition) is 1. The SMILES string of the molecule is Cc1cc(C)cc(NC(=O)C2CCN(S(=O)(=O)Cc3ccc(F)cc3)CC2)c1. The number of piperidine rings is 1. The molecule has 0 aromatic heterocycles. The third kappa shape index (κ3) is 5.17. The molecule has 7 heteroatoms. The Balaban J connectivity index is 1.57. The molecule has 1 heterocycles. The van der Waals surface area contributed by atoms with Crippen LogP contribution in [0.15, 0.2) is 42.5 Å². The molecule has 28 heavy (non-hydrogen) atoms. The third-order valence-electron chi connectivity index (χ3n) is 4.97. The smallest absolute Gasteiger partial charge is 0.227 e. The first-order valence-corrected chi connectivity index (χ1v) is 11.0. The number of nitrogens with one attached hydrogen (secondary N) is 1. The van der Waals surface area contributed by atoms with Crippen LogP contribution in [0, 0.1) is 25.6 Å². The maximum atomic E-state index is 13.0. The minimum Gasteiger partial charge on any atom is -0.326 e. The van der Waals surface area contributed by atoms with Crippen LogP contribution >= 0.6 is 0 Å². The predicted octanol–water partition coefficient (Wildman–Crippen LogP) is 3.62. The summed E-state index contributed by atoms with van der Waals surface area (Å²) in [6, 6.07) is 11.4. The molecule has 1 aliphatic heterocycles. The van der Waals surface area contributed by atoms with Crippen LogP contribution in [-0.4, -0.2) is 31.7 Å². The Kier molecular flexibility index (Phi) is 6.15. The summed E-state index contributed by atoms with van der Waals surface area (Å²) in [6.07, 6.45) is 0.971. The summed E-state index contributed by atoms with van der Waals surface area (Å²) in [5.41, 5.74) is 3.49. The molecule has 1 saturated heterocycles. The second-order valence-electron chi connectivity index (χ2n) is 7.42. The molecule has 1 N–H and O–H groups in total. The molecule has 3 rings (SSSR count). The first-order chi connectivity index (χ1) is 13.2. The second kappa shape index (κ2) is 8.41. The quantitative estimate of drug-likeness (QED) is 0.828. The topological polar surface area (TPSA) is 66.5 Å². The third-order valence-corrected chi connectivity index (χ3v) is 6.82. The maximum absolute atomic E-state index is 13.0. The van der Waals surface area contributed by atoms with E-state index in [-0.39, 0.29) is 17.6 Å². The lowest BCUT2D eigenvalue weighted by Gasteiger charge is -2.30. The van der Waals surface area contributed by atoms with Crippen molar-refractivity contribution in [3.63, 3.8) is 0 Å². The van der Waals surface area contributed by atoms with Crippen LogP contribution in [0.2, 0.25) is 0 Å². The predicted molar refractivity (Wildman–Crippen MR) is 108 cm³/mol. The van der Waals surface area contributed by atoms with Crippen LogP contribution < -0.4 is 5.32 Å². The molecule has 150 valence electrons. The van der Waals surface area contributed by atoms with E-state index in [9.17, 15) is 17.6 Å². The number of benzene rings is 2. The summed E-state index contributed by atoms with van der Waals surface area (Å²) in [6.45, 7) is 4.59. The van der Waals surface area contributed by atoms with Gasteiger partial charge in [-0.25, -0.2) is 17.1 Å². The highest BCUT2D eigenvalue weighted by molar-refractivity contribution is 7.88. The molecule has 1 aliphatic rings. The lowest BCUT2D eigenvalue weighted by Crippen LogP contribution is -2.41. The molecule has 1 amide bonds. The van der Waals surface area contributed by atoms with Gasteiger partial charge in [-0.3, -0.25) is 4.79 Å². The van der Waals surface area contributed by atoms with Gasteiger partial charge in [0.2, 0.25) is 15.9 Å². The largest absolute Gasteiger partial charge is 0.326 e. The highest BCUT2D eigenvalue weighted by atomic mass is 32.2. The Morgan fingerprint density at radius 3 is 2.21 bits per heavy atom. The number of nitrogens with zero attached hydrogens (tertiary/aromatic N) is 1. The lowest BCUT2D eigenvalue weighted by molar-refractivity contribution is -0.120. The Morgan fingerprint density at radius 2 is 1.64 bits per heavy atom. The fourth-order valence-corrected chi connectivity index (χ4v) is 5.13. The molecule has 0 aliphatic carbocycles. The lowest BCUT2D eigenvalue weighted by atomic mass is 9.97. The van der Waals surface area contributed by atoms with Gasteiger partial charge in [0.25, 0.3) is 0 Å². The highest BCUT2D eigenvalue weighted by Gasteiger charge is 2.31. The summed E-state index contributed by atoms with van der Waals surface area (Å²) in [5.74, 6) is -0.831. The van der Waals surface area contributed by atoms with E-state index < -0.39 is 15.8 Å². The van der Waals surface area contributed by atoms with Gasteiger partial charge in [-0.1, -0.05) is 18.2 Å². The van der Waals surface area contributed by atoms with Crippen LogP contribution in [0.3, 0.4) is 0 Å². The number of amides is 1. The Morgan fingerprint density at radius 1 is 1.07 bits per heavy atom. The number of aryl methyl sites for hydroxylation is 2. The van der Waals surface area contributed by atoms with Crippen molar-refractivity contribution in [2.24, 2.45) is 5.92 Å². The Labute approximate surface area is 165 Å². The summed E-state index contributed by atoms with van der Waals surface area (Å²) in [5, 5.41) is 2.95. The van der Waals surface area contributed by atoms with E-state index in [1.54, 1.807) is 0 Å². The summed E-state index contributed by atoms with van der Waals surface area (Å²) in [4.78, 5) is 12.6. The normalized spacial score (nSPS) is 16.1. The van der Waals surface area contributed by atoms with Gasteiger partial charge in [0.05, 0.1) is 5.75 Å². The minimum atomic E-state index is -3.49. The van der Waals surface area contributed by atoms with Gasteiger partial charge in [0.1, 0.15) is 5.82 Å². The number of sulfonamides is 1. The monoisotopic (exact) mass is 404 g/mol. The summed E-state index contributed by atoms with van der Waals surface area (Å²) >= 11 is 0. The first-order valence-electron chi connectivity index (χ1n) is 9.34. The highest BCUT2D eigenvalue weighted by Crippen LogP contribution is 2.24. The number of carbonyl (C=O) groups excluding carboxylic acids is 1. The van der Waals surface area contributed by atoms with Crippen molar-refractivity contribution in [1.82, 2.24) is 4.31 Å². The molecule has 2 aromatic carbocycles. The van der Waals surface area contributed by atoms with Crippen molar-refractivity contribution in [3.05, 3.63) is 65.0 Å². The fraction of sp³-hybridized carbons (Fsp3) is 0.381. The van der Waals surface area contributed by atoms with Crippen LogP contribution in [0.1, 0.15) is 29.5 Å². The Hall–Kier alpha value is -2.25. The number of rotatable bonds is 5. The fourth-order valence-electron chi connectivity index (χ4n) is 3.57. The number of carbonyl (C=O) groups is 1. The molecule has 0 radical (unpaired) electrons.